The van der Waals surface area contributed by atoms with E-state index in [2.05, 4.69) is 40.7 Å². The number of para-hydroxylation sites is 1. The third-order valence-electron chi connectivity index (χ3n) is 5.43. The number of nitrogens with zero attached hydrogens (tertiary/aromatic N) is 2. The van der Waals surface area contributed by atoms with Gasteiger partial charge in [-0.1, -0.05) is 42.5 Å². The summed E-state index contributed by atoms with van der Waals surface area (Å²) in [6.07, 6.45) is 0.709. The molecule has 0 spiro atoms. The van der Waals surface area contributed by atoms with Gasteiger partial charge < -0.3 is 10.1 Å². The summed E-state index contributed by atoms with van der Waals surface area (Å²) in [4.78, 5) is 0. The van der Waals surface area contributed by atoms with Crippen molar-refractivity contribution in [1.82, 2.24) is 5.01 Å². The number of hydrogen-bond donors (Lipinski definition) is 1. The molecular formula is C23H20FN3O. The van der Waals surface area contributed by atoms with E-state index in [1.807, 2.05) is 18.2 Å². The number of fused-ring (bicyclic) bond motifs is 3. The summed E-state index contributed by atoms with van der Waals surface area (Å²) in [5.74, 6) is 0.594. The minimum Gasteiger partial charge on any atom is -0.497 e. The largest absolute Gasteiger partial charge is 0.497 e. The lowest BCUT2D eigenvalue weighted by Crippen LogP contribution is -2.35. The molecule has 140 valence electrons. The molecular weight excluding hydrogens is 353 g/mol. The van der Waals surface area contributed by atoms with E-state index in [1.54, 1.807) is 19.2 Å². The lowest BCUT2D eigenvalue weighted by molar-refractivity contribution is 0.169. The third-order valence-corrected chi connectivity index (χ3v) is 5.43. The van der Waals surface area contributed by atoms with Gasteiger partial charge in [-0.2, -0.15) is 5.10 Å². The molecule has 1 N–H and O–H groups in total. The second-order valence-corrected chi connectivity index (χ2v) is 7.06. The smallest absolute Gasteiger partial charge is 0.142 e. The van der Waals surface area contributed by atoms with Gasteiger partial charge in [0.1, 0.15) is 17.7 Å². The Labute approximate surface area is 163 Å². The Morgan fingerprint density at radius 3 is 2.50 bits per heavy atom. The number of anilines is 1. The molecule has 0 amide bonds. The number of methoxy groups -OCH3 is 1. The van der Waals surface area contributed by atoms with Crippen LogP contribution in [0.3, 0.4) is 0 Å². The Kier molecular flexibility index (Phi) is 4.01. The first kappa shape index (κ1) is 16.8. The number of hydrogen-bond acceptors (Lipinski definition) is 4. The van der Waals surface area contributed by atoms with Crippen molar-refractivity contribution in [3.8, 4) is 5.75 Å². The SMILES string of the molecule is COc1ccc([C@H]2Nc3ccccc3[C@@H]3CC(c4ccc(F)cc4)=NN23)cc1. The predicted octanol–water partition coefficient (Wildman–Crippen LogP) is 5.11. The molecule has 0 radical (unpaired) electrons. The molecule has 2 atom stereocenters. The van der Waals surface area contributed by atoms with Gasteiger partial charge in [-0.3, -0.25) is 5.01 Å². The molecule has 3 aromatic carbocycles. The number of benzene rings is 3. The molecule has 2 aliphatic heterocycles. The summed E-state index contributed by atoms with van der Waals surface area (Å²) in [6, 6.07) is 23.1. The zero-order valence-electron chi connectivity index (χ0n) is 15.5. The van der Waals surface area contributed by atoms with Gasteiger partial charge in [0, 0.05) is 12.1 Å². The Balaban J connectivity index is 1.56. The lowest BCUT2D eigenvalue weighted by Gasteiger charge is -2.39. The fourth-order valence-corrected chi connectivity index (χ4v) is 3.99. The summed E-state index contributed by atoms with van der Waals surface area (Å²) >= 11 is 0. The van der Waals surface area contributed by atoms with E-state index in [9.17, 15) is 4.39 Å². The quantitative estimate of drug-likeness (QED) is 0.693. The van der Waals surface area contributed by atoms with Crippen molar-refractivity contribution in [3.63, 3.8) is 0 Å². The molecule has 5 rings (SSSR count). The van der Waals surface area contributed by atoms with Crippen LogP contribution in [0.15, 0.2) is 77.9 Å². The monoisotopic (exact) mass is 373 g/mol. The number of rotatable bonds is 3. The molecule has 0 unspecified atom stereocenters. The molecule has 0 aliphatic carbocycles. The van der Waals surface area contributed by atoms with E-state index < -0.39 is 0 Å². The van der Waals surface area contributed by atoms with E-state index in [0.717, 1.165) is 34.7 Å². The molecule has 2 heterocycles. The van der Waals surface area contributed by atoms with Crippen LogP contribution < -0.4 is 10.1 Å². The van der Waals surface area contributed by atoms with Crippen molar-refractivity contribution < 1.29 is 9.13 Å². The maximum atomic E-state index is 13.3. The molecule has 2 aliphatic rings. The lowest BCUT2D eigenvalue weighted by atomic mass is 9.94. The van der Waals surface area contributed by atoms with Crippen LogP contribution >= 0.6 is 0 Å². The summed E-state index contributed by atoms with van der Waals surface area (Å²) in [7, 11) is 1.67. The van der Waals surface area contributed by atoms with E-state index in [1.165, 1.54) is 17.7 Å². The molecule has 0 saturated heterocycles. The topological polar surface area (TPSA) is 36.9 Å². The summed E-state index contributed by atoms with van der Waals surface area (Å²) in [5, 5.41) is 10.7. The normalized spacial score (nSPS) is 20.1. The minimum absolute atomic E-state index is 0.0799. The Morgan fingerprint density at radius 2 is 1.75 bits per heavy atom. The van der Waals surface area contributed by atoms with Crippen molar-refractivity contribution in [3.05, 3.63) is 95.3 Å². The van der Waals surface area contributed by atoms with Gasteiger partial charge in [0.05, 0.1) is 18.9 Å². The van der Waals surface area contributed by atoms with Crippen molar-refractivity contribution in [2.75, 3.05) is 12.4 Å². The molecule has 0 aromatic heterocycles. The van der Waals surface area contributed by atoms with Crippen LogP contribution in [0.5, 0.6) is 5.75 Å². The maximum Gasteiger partial charge on any atom is 0.142 e. The highest BCUT2D eigenvalue weighted by Gasteiger charge is 2.39. The average molecular weight is 373 g/mol. The number of halogens is 1. The zero-order valence-corrected chi connectivity index (χ0v) is 15.5. The van der Waals surface area contributed by atoms with Crippen LogP contribution in [0, 0.1) is 5.82 Å². The number of hydrazone groups is 1. The number of ether oxygens (including phenoxy) is 1. The molecule has 4 nitrogen and oxygen atoms in total. The van der Waals surface area contributed by atoms with Crippen molar-refractivity contribution in [2.24, 2.45) is 5.10 Å². The standard InChI is InChI=1S/C23H20FN3O/c1-28-18-12-8-16(9-13-18)23-25-20-5-3-2-4-19(20)22-14-21(26-27(22)23)15-6-10-17(24)11-7-15/h2-13,22-23,25H,14H2,1H3/t22-,23-/m0/s1. The zero-order chi connectivity index (χ0) is 19.1. The summed E-state index contributed by atoms with van der Waals surface area (Å²) in [5.41, 5.74) is 5.40. The Bertz CT molecular complexity index is 1030. The van der Waals surface area contributed by atoms with Crippen molar-refractivity contribution >= 4 is 11.4 Å². The summed E-state index contributed by atoms with van der Waals surface area (Å²) in [6.45, 7) is 0. The fourth-order valence-electron chi connectivity index (χ4n) is 3.99. The van der Waals surface area contributed by atoms with Crippen LogP contribution in [0.2, 0.25) is 0 Å². The van der Waals surface area contributed by atoms with Crippen LogP contribution in [0.25, 0.3) is 0 Å². The van der Waals surface area contributed by atoms with Crippen LogP contribution in [-0.2, 0) is 0 Å². The van der Waals surface area contributed by atoms with E-state index in [0.29, 0.717) is 0 Å². The summed E-state index contributed by atoms with van der Waals surface area (Å²) < 4.78 is 18.6. The van der Waals surface area contributed by atoms with Crippen molar-refractivity contribution in [1.29, 1.82) is 0 Å². The van der Waals surface area contributed by atoms with Gasteiger partial charge in [-0.15, -0.1) is 0 Å². The van der Waals surface area contributed by atoms with Gasteiger partial charge in [0.25, 0.3) is 0 Å². The highest BCUT2D eigenvalue weighted by molar-refractivity contribution is 6.02. The molecule has 5 heteroatoms. The number of nitrogens with one attached hydrogen (secondary N) is 1. The van der Waals surface area contributed by atoms with Gasteiger partial charge in [0.2, 0.25) is 0 Å². The second-order valence-electron chi connectivity index (χ2n) is 7.06. The van der Waals surface area contributed by atoms with Crippen LogP contribution in [-0.4, -0.2) is 17.8 Å². The highest BCUT2D eigenvalue weighted by Crippen LogP contribution is 2.46. The van der Waals surface area contributed by atoms with Gasteiger partial charge in [0.15, 0.2) is 0 Å². The van der Waals surface area contributed by atoms with Crippen molar-refractivity contribution in [2.45, 2.75) is 18.6 Å². The highest BCUT2D eigenvalue weighted by atomic mass is 19.1. The molecule has 0 fully saturated rings. The first-order valence-electron chi connectivity index (χ1n) is 9.34. The molecule has 0 bridgehead atoms. The Hall–Kier alpha value is -3.34. The molecule has 28 heavy (non-hydrogen) atoms. The predicted molar refractivity (Wildman–Crippen MR) is 108 cm³/mol. The maximum absolute atomic E-state index is 13.3. The first-order chi connectivity index (χ1) is 13.7. The Morgan fingerprint density at radius 1 is 1.00 bits per heavy atom. The van der Waals surface area contributed by atoms with Crippen LogP contribution in [0.1, 0.15) is 35.3 Å². The molecule has 0 saturated carbocycles. The van der Waals surface area contributed by atoms with Gasteiger partial charge >= 0.3 is 0 Å². The van der Waals surface area contributed by atoms with E-state index >= 15 is 0 Å². The fraction of sp³-hybridized carbons (Fsp3) is 0.174. The average Bonchev–Trinajstić information content (AvgIpc) is 3.19. The molecule has 3 aromatic rings. The second kappa shape index (κ2) is 6.68. The first-order valence-corrected chi connectivity index (χ1v) is 9.34. The van der Waals surface area contributed by atoms with Gasteiger partial charge in [-0.05, 0) is 47.0 Å². The van der Waals surface area contributed by atoms with Crippen LogP contribution in [0.4, 0.5) is 10.1 Å². The van der Waals surface area contributed by atoms with E-state index in [-0.39, 0.29) is 18.0 Å². The van der Waals surface area contributed by atoms with E-state index in [4.69, 9.17) is 9.84 Å². The third kappa shape index (κ3) is 2.80. The van der Waals surface area contributed by atoms with Gasteiger partial charge in [-0.25, -0.2) is 4.39 Å². The minimum atomic E-state index is -0.233.